The molecule has 18 heavy (non-hydrogen) atoms. The van der Waals surface area contributed by atoms with Crippen LogP contribution in [0.1, 0.15) is 0 Å². The predicted molar refractivity (Wildman–Crippen MR) is 64.0 cm³/mol. The molecule has 0 aliphatic rings. The van der Waals surface area contributed by atoms with E-state index in [2.05, 4.69) is 20.1 Å². The number of nitrogens with zero attached hydrogens (tertiary/aromatic N) is 3. The molecule has 0 saturated heterocycles. The van der Waals surface area contributed by atoms with E-state index in [1.165, 1.54) is 6.07 Å². The highest BCUT2D eigenvalue weighted by molar-refractivity contribution is 6.30. The molecule has 90 valence electrons. The van der Waals surface area contributed by atoms with E-state index in [0.29, 0.717) is 22.2 Å². The molecule has 3 rings (SSSR count). The minimum atomic E-state index is 0.0223. The Morgan fingerprint density at radius 3 is 3.00 bits per heavy atom. The highest BCUT2D eigenvalue weighted by Gasteiger charge is 2.15. The van der Waals surface area contributed by atoms with Gasteiger partial charge in [-0.15, -0.1) is 0 Å². The number of benzene rings is 1. The molecule has 0 bridgehead atoms. The average Bonchev–Trinajstić information content (AvgIpc) is 3.00. The summed E-state index contributed by atoms with van der Waals surface area (Å²) in [6, 6.07) is 4.59. The lowest BCUT2D eigenvalue weighted by atomic mass is 10.2. The molecule has 0 aliphatic carbocycles. The number of H-pyrrole nitrogens is 1. The summed E-state index contributed by atoms with van der Waals surface area (Å²) < 4.78 is 5.07. The molecule has 2 aromatic heterocycles. The predicted octanol–water partition coefficient (Wildman–Crippen LogP) is 2.49. The van der Waals surface area contributed by atoms with Gasteiger partial charge in [0.15, 0.2) is 5.82 Å². The van der Waals surface area contributed by atoms with Crippen LogP contribution < -0.4 is 0 Å². The summed E-state index contributed by atoms with van der Waals surface area (Å²) in [5.41, 5.74) is 0.382. The van der Waals surface area contributed by atoms with Gasteiger partial charge in [-0.05, 0) is 18.2 Å². The third-order valence-corrected chi connectivity index (χ3v) is 2.56. The first-order chi connectivity index (χ1) is 8.74. The minimum Gasteiger partial charge on any atom is -0.507 e. The number of hydrogen-bond donors (Lipinski definition) is 2. The van der Waals surface area contributed by atoms with Crippen molar-refractivity contribution < 1.29 is 9.63 Å². The van der Waals surface area contributed by atoms with Gasteiger partial charge in [-0.3, -0.25) is 0 Å². The SMILES string of the molecule is Oc1ccc(Cl)cc1-c1nc(-c2ncc[nH]2)no1. The molecule has 0 radical (unpaired) electrons. The first-order valence-corrected chi connectivity index (χ1v) is 5.44. The van der Waals surface area contributed by atoms with E-state index in [9.17, 15) is 5.11 Å². The lowest BCUT2D eigenvalue weighted by Gasteiger charge is -1.98. The van der Waals surface area contributed by atoms with Crippen molar-refractivity contribution in [2.24, 2.45) is 0 Å². The second-order valence-electron chi connectivity index (χ2n) is 3.52. The maximum Gasteiger partial charge on any atom is 0.262 e. The fourth-order valence-corrected chi connectivity index (χ4v) is 1.67. The van der Waals surface area contributed by atoms with E-state index in [4.69, 9.17) is 16.1 Å². The topological polar surface area (TPSA) is 87.8 Å². The third-order valence-electron chi connectivity index (χ3n) is 2.33. The third kappa shape index (κ3) is 1.82. The Kier molecular flexibility index (Phi) is 2.49. The molecule has 3 aromatic rings. The van der Waals surface area contributed by atoms with E-state index in [-0.39, 0.29) is 11.6 Å². The summed E-state index contributed by atoms with van der Waals surface area (Å²) >= 11 is 5.85. The fourth-order valence-electron chi connectivity index (χ4n) is 1.50. The summed E-state index contributed by atoms with van der Waals surface area (Å²) in [5, 5.41) is 14.0. The van der Waals surface area contributed by atoms with Crippen LogP contribution in [-0.2, 0) is 0 Å². The summed E-state index contributed by atoms with van der Waals surface area (Å²) in [5.74, 6) is 1.01. The molecule has 0 aliphatic heterocycles. The maximum absolute atomic E-state index is 9.72. The van der Waals surface area contributed by atoms with Crippen molar-refractivity contribution in [1.82, 2.24) is 20.1 Å². The van der Waals surface area contributed by atoms with Crippen molar-refractivity contribution in [3.63, 3.8) is 0 Å². The normalized spacial score (nSPS) is 10.7. The number of hydrogen-bond acceptors (Lipinski definition) is 5. The van der Waals surface area contributed by atoms with Gasteiger partial charge in [0.2, 0.25) is 5.82 Å². The molecule has 0 unspecified atom stereocenters. The van der Waals surface area contributed by atoms with Gasteiger partial charge in [0.05, 0.1) is 5.56 Å². The van der Waals surface area contributed by atoms with Crippen LogP contribution >= 0.6 is 11.6 Å². The van der Waals surface area contributed by atoms with Crippen LogP contribution in [0.3, 0.4) is 0 Å². The minimum absolute atomic E-state index is 0.0223. The molecule has 0 amide bonds. The van der Waals surface area contributed by atoms with Crippen molar-refractivity contribution in [3.8, 4) is 28.9 Å². The number of imidazole rings is 1. The number of aromatic amines is 1. The lowest BCUT2D eigenvalue weighted by Crippen LogP contribution is -1.83. The number of nitrogens with one attached hydrogen (secondary N) is 1. The number of halogens is 1. The zero-order valence-electron chi connectivity index (χ0n) is 8.96. The van der Waals surface area contributed by atoms with Gasteiger partial charge in [-0.25, -0.2) is 4.98 Å². The summed E-state index contributed by atoms with van der Waals surface area (Å²) in [6.45, 7) is 0. The lowest BCUT2D eigenvalue weighted by molar-refractivity contribution is 0.425. The quantitative estimate of drug-likeness (QED) is 0.741. The second kappa shape index (κ2) is 4.15. The molecule has 2 N–H and O–H groups in total. The Bertz CT molecular complexity index is 678. The Morgan fingerprint density at radius 2 is 2.22 bits per heavy atom. The van der Waals surface area contributed by atoms with Gasteiger partial charge in [0.25, 0.3) is 5.89 Å². The summed E-state index contributed by atoms with van der Waals surface area (Å²) in [4.78, 5) is 11.0. The van der Waals surface area contributed by atoms with E-state index in [0.717, 1.165) is 0 Å². The van der Waals surface area contributed by atoms with Crippen molar-refractivity contribution in [2.75, 3.05) is 0 Å². The van der Waals surface area contributed by atoms with Gasteiger partial charge in [0, 0.05) is 17.4 Å². The maximum atomic E-state index is 9.72. The van der Waals surface area contributed by atoms with Crippen molar-refractivity contribution in [1.29, 1.82) is 0 Å². The van der Waals surface area contributed by atoms with Crippen LogP contribution in [0.25, 0.3) is 23.1 Å². The van der Waals surface area contributed by atoms with Crippen molar-refractivity contribution >= 4 is 11.6 Å². The molecule has 0 atom stereocenters. The number of aromatic hydroxyl groups is 1. The summed E-state index contributed by atoms with van der Waals surface area (Å²) in [6.07, 6.45) is 3.24. The highest BCUT2D eigenvalue weighted by Crippen LogP contribution is 2.31. The molecule has 1 aromatic carbocycles. The zero-order chi connectivity index (χ0) is 12.5. The Labute approximate surface area is 106 Å². The zero-order valence-corrected chi connectivity index (χ0v) is 9.72. The van der Waals surface area contributed by atoms with Crippen molar-refractivity contribution in [2.45, 2.75) is 0 Å². The molecule has 0 spiro atoms. The summed E-state index contributed by atoms with van der Waals surface area (Å²) in [7, 11) is 0. The van der Waals surface area contributed by atoms with Crippen molar-refractivity contribution in [3.05, 3.63) is 35.6 Å². The van der Waals surface area contributed by atoms with Crippen LogP contribution in [0.2, 0.25) is 5.02 Å². The first-order valence-electron chi connectivity index (χ1n) is 5.06. The largest absolute Gasteiger partial charge is 0.507 e. The monoisotopic (exact) mass is 262 g/mol. The molecule has 2 heterocycles. The van der Waals surface area contributed by atoms with Crippen LogP contribution in [0, 0.1) is 0 Å². The standard InChI is InChI=1S/C11H7ClN4O2/c12-6-1-2-8(17)7(5-6)11-15-10(16-18-11)9-13-3-4-14-9/h1-5,17H,(H,13,14). The molecular weight excluding hydrogens is 256 g/mol. The average molecular weight is 263 g/mol. The van der Waals surface area contributed by atoms with Gasteiger partial charge < -0.3 is 14.6 Å². The molecule has 7 heteroatoms. The fraction of sp³-hybridized carbons (Fsp3) is 0. The molecule has 6 nitrogen and oxygen atoms in total. The van der Waals surface area contributed by atoms with Gasteiger partial charge in [-0.1, -0.05) is 16.8 Å². The smallest absolute Gasteiger partial charge is 0.262 e. The molecule has 0 saturated carbocycles. The molecule has 0 fully saturated rings. The van der Waals surface area contributed by atoms with Gasteiger partial charge in [-0.2, -0.15) is 4.98 Å². The number of phenols is 1. The van der Waals surface area contributed by atoms with Crippen LogP contribution in [-0.4, -0.2) is 25.2 Å². The van der Waals surface area contributed by atoms with E-state index in [1.807, 2.05) is 0 Å². The second-order valence-corrected chi connectivity index (χ2v) is 3.96. The van der Waals surface area contributed by atoms with Crippen LogP contribution in [0.15, 0.2) is 35.1 Å². The Hall–Kier alpha value is -2.34. The number of phenolic OH excluding ortho intramolecular Hbond substituents is 1. The number of rotatable bonds is 2. The number of aromatic nitrogens is 4. The first kappa shape index (κ1) is 10.8. The van der Waals surface area contributed by atoms with E-state index < -0.39 is 0 Å². The molecular formula is C11H7ClN4O2. The highest BCUT2D eigenvalue weighted by atomic mass is 35.5. The van der Waals surface area contributed by atoms with Gasteiger partial charge in [0.1, 0.15) is 5.75 Å². The van der Waals surface area contributed by atoms with Crippen LogP contribution in [0.4, 0.5) is 0 Å². The Balaban J connectivity index is 2.05. The van der Waals surface area contributed by atoms with E-state index in [1.54, 1.807) is 24.5 Å². The van der Waals surface area contributed by atoms with Crippen LogP contribution in [0.5, 0.6) is 5.75 Å². The van der Waals surface area contributed by atoms with Gasteiger partial charge >= 0.3 is 0 Å². The Morgan fingerprint density at radius 1 is 1.33 bits per heavy atom. The van der Waals surface area contributed by atoms with E-state index >= 15 is 0 Å².